The number of benzene rings is 1. The number of carbonyl (C=O) groups excluding carboxylic acids is 1. The maximum Gasteiger partial charge on any atom is 0.316 e. The molecule has 1 heterocycles. The minimum Gasteiger partial charge on any atom is -0.478 e. The summed E-state index contributed by atoms with van der Waals surface area (Å²) in [6, 6.07) is 7.13. The minimum atomic E-state index is -1.01. The Balaban J connectivity index is 1.47. The van der Waals surface area contributed by atoms with Crippen molar-refractivity contribution in [2.45, 2.75) is 57.3 Å². The number of hydrogen-bond acceptors (Lipinski definition) is 5. The Hall–Kier alpha value is -2.41. The predicted octanol–water partition coefficient (Wildman–Crippen LogP) is 3.93. The van der Waals surface area contributed by atoms with E-state index in [1.807, 2.05) is 0 Å². The van der Waals surface area contributed by atoms with Crippen molar-refractivity contribution >= 4 is 17.5 Å². The van der Waals surface area contributed by atoms with E-state index in [0.717, 1.165) is 38.1 Å². The van der Waals surface area contributed by atoms with Crippen LogP contribution < -0.4 is 14.8 Å². The van der Waals surface area contributed by atoms with E-state index >= 15 is 0 Å². The molecule has 0 radical (unpaired) electrons. The first-order valence-electron chi connectivity index (χ1n) is 9.21. The van der Waals surface area contributed by atoms with Crippen molar-refractivity contribution in [1.29, 1.82) is 0 Å². The lowest BCUT2D eigenvalue weighted by atomic mass is 9.92. The third kappa shape index (κ3) is 5.55. The van der Waals surface area contributed by atoms with Crippen LogP contribution in [0.15, 0.2) is 36.7 Å². The zero-order valence-corrected chi connectivity index (χ0v) is 16.6. The van der Waals surface area contributed by atoms with Gasteiger partial charge in [0.1, 0.15) is 11.9 Å². The van der Waals surface area contributed by atoms with Crippen LogP contribution in [0.5, 0.6) is 11.8 Å². The van der Waals surface area contributed by atoms with Gasteiger partial charge in [0.15, 0.2) is 11.4 Å². The second-order valence-electron chi connectivity index (χ2n) is 7.32. The SMILES string of the molecule is CC(C)(Oc1ccc(Cl)cc1)C(=O)NC1CCC(Oc2ncc(F)cn2)CC1. The molecule has 3 rings (SSSR count). The zero-order valence-electron chi connectivity index (χ0n) is 15.8. The number of ether oxygens (including phenoxy) is 2. The van der Waals surface area contributed by atoms with Crippen molar-refractivity contribution < 1.29 is 18.7 Å². The summed E-state index contributed by atoms with van der Waals surface area (Å²) in [6.07, 6.45) is 5.17. The van der Waals surface area contributed by atoms with Gasteiger partial charge in [-0.25, -0.2) is 14.4 Å². The molecule has 0 aliphatic heterocycles. The van der Waals surface area contributed by atoms with Gasteiger partial charge in [0, 0.05) is 11.1 Å². The van der Waals surface area contributed by atoms with Crippen molar-refractivity contribution in [2.75, 3.05) is 0 Å². The molecule has 2 aromatic rings. The second-order valence-corrected chi connectivity index (χ2v) is 7.75. The van der Waals surface area contributed by atoms with E-state index in [4.69, 9.17) is 21.1 Å². The van der Waals surface area contributed by atoms with E-state index in [0.29, 0.717) is 10.8 Å². The molecule has 6 nitrogen and oxygen atoms in total. The fourth-order valence-corrected chi connectivity index (χ4v) is 3.16. The summed E-state index contributed by atoms with van der Waals surface area (Å²) in [5.41, 5.74) is -1.01. The lowest BCUT2D eigenvalue weighted by Crippen LogP contribution is -2.51. The lowest BCUT2D eigenvalue weighted by molar-refractivity contribution is -0.135. The van der Waals surface area contributed by atoms with Gasteiger partial charge in [0.25, 0.3) is 5.91 Å². The van der Waals surface area contributed by atoms with Gasteiger partial charge in [-0.2, -0.15) is 0 Å². The van der Waals surface area contributed by atoms with Gasteiger partial charge in [-0.05, 0) is 63.8 Å². The smallest absolute Gasteiger partial charge is 0.316 e. The first-order valence-corrected chi connectivity index (χ1v) is 9.59. The molecule has 0 spiro atoms. The summed E-state index contributed by atoms with van der Waals surface area (Å²) in [7, 11) is 0. The number of hydrogen-bond donors (Lipinski definition) is 1. The molecule has 28 heavy (non-hydrogen) atoms. The van der Waals surface area contributed by atoms with Crippen LogP contribution in [0.1, 0.15) is 39.5 Å². The van der Waals surface area contributed by atoms with Crippen LogP contribution >= 0.6 is 11.6 Å². The molecule has 1 saturated carbocycles. The quantitative estimate of drug-likeness (QED) is 0.785. The van der Waals surface area contributed by atoms with Gasteiger partial charge in [0.05, 0.1) is 12.4 Å². The van der Waals surface area contributed by atoms with Crippen LogP contribution in [0, 0.1) is 5.82 Å². The molecular formula is C20H23ClFN3O3. The third-order valence-electron chi connectivity index (χ3n) is 4.61. The largest absolute Gasteiger partial charge is 0.478 e. The fourth-order valence-electron chi connectivity index (χ4n) is 3.04. The van der Waals surface area contributed by atoms with Crippen LogP contribution in [-0.4, -0.2) is 33.6 Å². The van der Waals surface area contributed by atoms with Crippen molar-refractivity contribution in [3.05, 3.63) is 47.5 Å². The highest BCUT2D eigenvalue weighted by Gasteiger charge is 2.33. The van der Waals surface area contributed by atoms with Crippen molar-refractivity contribution in [1.82, 2.24) is 15.3 Å². The van der Waals surface area contributed by atoms with Gasteiger partial charge in [-0.1, -0.05) is 11.6 Å². The van der Waals surface area contributed by atoms with Crippen LogP contribution in [0.25, 0.3) is 0 Å². The molecule has 1 aromatic heterocycles. The topological polar surface area (TPSA) is 73.3 Å². The number of nitrogens with one attached hydrogen (secondary N) is 1. The van der Waals surface area contributed by atoms with E-state index in [-0.39, 0.29) is 24.1 Å². The molecule has 0 bridgehead atoms. The summed E-state index contributed by atoms with van der Waals surface area (Å²) >= 11 is 5.87. The number of halogens is 2. The van der Waals surface area contributed by atoms with Crippen molar-refractivity contribution in [3.63, 3.8) is 0 Å². The van der Waals surface area contributed by atoms with Gasteiger partial charge >= 0.3 is 6.01 Å². The van der Waals surface area contributed by atoms with Crippen molar-refractivity contribution in [3.8, 4) is 11.8 Å². The highest BCUT2D eigenvalue weighted by atomic mass is 35.5. The summed E-state index contributed by atoms with van der Waals surface area (Å²) < 4.78 is 24.4. The number of nitrogens with zero attached hydrogens (tertiary/aromatic N) is 2. The molecule has 1 aromatic carbocycles. The molecule has 1 amide bonds. The second kappa shape index (κ2) is 8.73. The first kappa shape index (κ1) is 20.3. The molecule has 8 heteroatoms. The monoisotopic (exact) mass is 407 g/mol. The molecule has 0 unspecified atom stereocenters. The molecule has 1 fully saturated rings. The van der Waals surface area contributed by atoms with Crippen LogP contribution in [0.2, 0.25) is 5.02 Å². The van der Waals surface area contributed by atoms with Crippen molar-refractivity contribution in [2.24, 2.45) is 0 Å². The molecule has 0 saturated heterocycles. The summed E-state index contributed by atoms with van der Waals surface area (Å²) in [6.45, 7) is 3.47. The first-order chi connectivity index (χ1) is 13.3. The van der Waals surface area contributed by atoms with Crippen LogP contribution in [-0.2, 0) is 4.79 Å². The standard InChI is InChI=1S/C20H23ClFN3O3/c1-20(2,28-17-7-3-13(21)4-8-17)18(26)25-15-5-9-16(10-6-15)27-19-23-11-14(22)12-24-19/h3-4,7-8,11-12,15-16H,5-6,9-10H2,1-2H3,(H,25,26). The number of amides is 1. The molecule has 150 valence electrons. The molecule has 1 N–H and O–H groups in total. The van der Waals surface area contributed by atoms with Gasteiger partial charge in [0.2, 0.25) is 0 Å². The summed E-state index contributed by atoms with van der Waals surface area (Å²) in [5.74, 6) is -0.0863. The number of rotatable bonds is 6. The van der Waals surface area contributed by atoms with E-state index in [2.05, 4.69) is 15.3 Å². The Morgan fingerprint density at radius 3 is 2.36 bits per heavy atom. The average molecular weight is 408 g/mol. The summed E-state index contributed by atoms with van der Waals surface area (Å²) in [4.78, 5) is 20.3. The summed E-state index contributed by atoms with van der Waals surface area (Å²) in [5, 5.41) is 3.67. The Bertz CT molecular complexity index is 791. The van der Waals surface area contributed by atoms with Gasteiger partial charge < -0.3 is 14.8 Å². The number of aromatic nitrogens is 2. The van der Waals surface area contributed by atoms with Crippen LogP contribution in [0.3, 0.4) is 0 Å². The highest BCUT2D eigenvalue weighted by molar-refractivity contribution is 6.30. The van der Waals surface area contributed by atoms with Gasteiger partial charge in [-0.15, -0.1) is 0 Å². The minimum absolute atomic E-state index is 0.0445. The fraction of sp³-hybridized carbons (Fsp3) is 0.450. The van der Waals surface area contributed by atoms with E-state index in [9.17, 15) is 9.18 Å². The normalized spacial score (nSPS) is 19.7. The lowest BCUT2D eigenvalue weighted by Gasteiger charge is -2.32. The van der Waals surface area contributed by atoms with Gasteiger partial charge in [-0.3, -0.25) is 4.79 Å². The third-order valence-corrected chi connectivity index (χ3v) is 4.86. The average Bonchev–Trinajstić information content (AvgIpc) is 2.67. The predicted molar refractivity (Wildman–Crippen MR) is 103 cm³/mol. The van der Waals surface area contributed by atoms with E-state index in [1.54, 1.807) is 38.1 Å². The Labute approximate surface area is 168 Å². The Morgan fingerprint density at radius 2 is 1.75 bits per heavy atom. The van der Waals surface area contributed by atoms with E-state index < -0.39 is 11.4 Å². The number of carbonyl (C=O) groups is 1. The Kier molecular flexibility index (Phi) is 6.34. The maximum absolute atomic E-state index is 12.9. The molecule has 1 aliphatic rings. The molecule has 1 aliphatic carbocycles. The zero-order chi connectivity index (χ0) is 20.1. The molecule has 0 atom stereocenters. The maximum atomic E-state index is 12.9. The van der Waals surface area contributed by atoms with Crippen LogP contribution in [0.4, 0.5) is 4.39 Å². The molecular weight excluding hydrogens is 385 g/mol. The Morgan fingerprint density at radius 1 is 1.14 bits per heavy atom. The van der Waals surface area contributed by atoms with E-state index in [1.165, 1.54) is 0 Å². The highest BCUT2D eigenvalue weighted by Crippen LogP contribution is 2.24.